The molecule has 0 aromatic carbocycles. The first-order valence-electron chi connectivity index (χ1n) is 6.64. The van der Waals surface area contributed by atoms with E-state index < -0.39 is 17.5 Å². The van der Waals surface area contributed by atoms with Gasteiger partial charge < -0.3 is 5.11 Å². The van der Waals surface area contributed by atoms with Crippen molar-refractivity contribution in [3.05, 3.63) is 0 Å². The predicted octanol–water partition coefficient (Wildman–Crippen LogP) is 2.53. The van der Waals surface area contributed by atoms with E-state index in [0.29, 0.717) is 6.42 Å². The molecule has 0 aromatic rings. The van der Waals surface area contributed by atoms with E-state index in [0.717, 1.165) is 19.3 Å². The Bertz CT molecular complexity index is 295. The van der Waals surface area contributed by atoms with Crippen molar-refractivity contribution in [3.63, 3.8) is 0 Å². The maximum Gasteiger partial charge on any atom is 0.386 e. The highest BCUT2D eigenvalue weighted by Crippen LogP contribution is 2.54. The standard InChI is InChI=1S/C12H20O6/c1-2-3-4-5-6-7-8-9-11(15-16-11)12(10(13)14)17-18-12/h2-9H2,1H3,(H,13,14). The Labute approximate surface area is 106 Å². The number of carbonyl (C=O) groups is 1. The number of hydrogen-bond donors (Lipinski definition) is 1. The Morgan fingerprint density at radius 2 is 1.50 bits per heavy atom. The lowest BCUT2D eigenvalue weighted by Crippen LogP contribution is -2.40. The normalized spacial score (nSPS) is 22.7. The Morgan fingerprint density at radius 3 is 1.94 bits per heavy atom. The van der Waals surface area contributed by atoms with Gasteiger partial charge in [0.25, 0.3) is 0 Å². The van der Waals surface area contributed by atoms with Gasteiger partial charge >= 0.3 is 17.5 Å². The molecule has 2 aliphatic rings. The summed E-state index contributed by atoms with van der Waals surface area (Å²) in [4.78, 5) is 29.7. The van der Waals surface area contributed by atoms with Crippen molar-refractivity contribution >= 4 is 5.97 Å². The first-order chi connectivity index (χ1) is 8.67. The van der Waals surface area contributed by atoms with Crippen molar-refractivity contribution in [2.75, 3.05) is 0 Å². The van der Waals surface area contributed by atoms with Crippen molar-refractivity contribution < 1.29 is 29.5 Å². The third-order valence-corrected chi connectivity index (χ3v) is 3.43. The van der Waals surface area contributed by atoms with Crippen molar-refractivity contribution in [2.24, 2.45) is 0 Å². The molecule has 0 amide bonds. The molecule has 0 radical (unpaired) electrons. The van der Waals surface area contributed by atoms with Crippen LogP contribution < -0.4 is 0 Å². The third-order valence-electron chi connectivity index (χ3n) is 3.43. The molecule has 18 heavy (non-hydrogen) atoms. The van der Waals surface area contributed by atoms with Gasteiger partial charge in [-0.2, -0.15) is 19.6 Å². The minimum absolute atomic E-state index is 0.479. The van der Waals surface area contributed by atoms with Crippen LogP contribution in [0.25, 0.3) is 0 Å². The molecule has 0 bridgehead atoms. The molecule has 6 nitrogen and oxygen atoms in total. The van der Waals surface area contributed by atoms with Crippen LogP contribution in [0.4, 0.5) is 0 Å². The van der Waals surface area contributed by atoms with Gasteiger partial charge in [0.05, 0.1) is 0 Å². The second-order valence-corrected chi connectivity index (χ2v) is 4.88. The fourth-order valence-electron chi connectivity index (χ4n) is 2.13. The lowest BCUT2D eigenvalue weighted by Gasteiger charge is -2.07. The molecule has 2 saturated heterocycles. The summed E-state index contributed by atoms with van der Waals surface area (Å²) in [6.45, 7) is 2.19. The molecule has 1 N–H and O–H groups in total. The number of carboxylic acid groups (broad SMARTS) is 1. The summed E-state index contributed by atoms with van der Waals surface area (Å²) in [6.07, 6.45) is 8.51. The summed E-state index contributed by atoms with van der Waals surface area (Å²) in [5, 5.41) is 8.97. The Balaban J connectivity index is 1.61. The van der Waals surface area contributed by atoms with E-state index >= 15 is 0 Å². The molecule has 0 aliphatic carbocycles. The molecule has 2 heterocycles. The number of rotatable bonds is 10. The maximum atomic E-state index is 11.0. The highest BCUT2D eigenvalue weighted by molar-refractivity contribution is 5.78. The Kier molecular flexibility index (Phi) is 4.21. The predicted molar refractivity (Wildman–Crippen MR) is 60.0 cm³/mol. The molecule has 2 fully saturated rings. The van der Waals surface area contributed by atoms with Crippen LogP contribution in [-0.4, -0.2) is 22.7 Å². The Morgan fingerprint density at radius 1 is 0.944 bits per heavy atom. The van der Waals surface area contributed by atoms with Gasteiger partial charge in [-0.25, -0.2) is 4.79 Å². The highest BCUT2D eigenvalue weighted by Gasteiger charge is 2.82. The molecule has 0 atom stereocenters. The first-order valence-corrected chi connectivity index (χ1v) is 6.64. The number of unbranched alkanes of at least 4 members (excludes halogenated alkanes) is 6. The van der Waals surface area contributed by atoms with Gasteiger partial charge in [0.2, 0.25) is 0 Å². The van der Waals surface area contributed by atoms with E-state index in [4.69, 9.17) is 14.9 Å². The SMILES string of the molecule is CCCCCCCCCC1(C2(C(=O)O)OO2)OO1. The molecule has 0 aromatic heterocycles. The van der Waals surface area contributed by atoms with Gasteiger partial charge in [0.15, 0.2) is 0 Å². The molecule has 2 rings (SSSR count). The second kappa shape index (κ2) is 5.52. The van der Waals surface area contributed by atoms with Crippen LogP contribution in [0.2, 0.25) is 0 Å². The van der Waals surface area contributed by atoms with E-state index in [1.54, 1.807) is 0 Å². The summed E-state index contributed by atoms with van der Waals surface area (Å²) in [6, 6.07) is 0. The fourth-order valence-corrected chi connectivity index (χ4v) is 2.13. The highest BCUT2D eigenvalue weighted by atomic mass is 17.5. The topological polar surface area (TPSA) is 87.4 Å². The van der Waals surface area contributed by atoms with Crippen LogP contribution in [0.3, 0.4) is 0 Å². The van der Waals surface area contributed by atoms with Crippen molar-refractivity contribution in [1.82, 2.24) is 0 Å². The molecular formula is C12H20O6. The molecule has 6 heteroatoms. The summed E-state index contributed by atoms with van der Waals surface area (Å²) < 4.78 is 0. The first kappa shape index (κ1) is 13.7. The third kappa shape index (κ3) is 2.66. The summed E-state index contributed by atoms with van der Waals surface area (Å²) >= 11 is 0. The van der Waals surface area contributed by atoms with E-state index in [1.807, 2.05) is 0 Å². The van der Waals surface area contributed by atoms with Gasteiger partial charge in [-0.05, 0) is 6.42 Å². The molecule has 0 unspecified atom stereocenters. The molecular weight excluding hydrogens is 240 g/mol. The van der Waals surface area contributed by atoms with Crippen LogP contribution >= 0.6 is 0 Å². The monoisotopic (exact) mass is 260 g/mol. The minimum atomic E-state index is -1.73. The zero-order chi connectivity index (χ0) is 13.1. The zero-order valence-corrected chi connectivity index (χ0v) is 10.6. The zero-order valence-electron chi connectivity index (χ0n) is 10.6. The average Bonchev–Trinajstić information content (AvgIpc) is 3.21. The fraction of sp³-hybridized carbons (Fsp3) is 0.917. The smallest absolute Gasteiger partial charge is 0.386 e. The van der Waals surface area contributed by atoms with Gasteiger partial charge in [-0.15, -0.1) is 0 Å². The largest absolute Gasteiger partial charge is 0.477 e. The summed E-state index contributed by atoms with van der Waals surface area (Å²) in [5.41, 5.74) is 0. The lowest BCUT2D eigenvalue weighted by atomic mass is 10.00. The maximum absolute atomic E-state index is 11.0. The van der Waals surface area contributed by atoms with Crippen molar-refractivity contribution in [2.45, 2.75) is 69.9 Å². The quantitative estimate of drug-likeness (QED) is 0.369. The van der Waals surface area contributed by atoms with Crippen LogP contribution in [-0.2, 0) is 24.3 Å². The van der Waals surface area contributed by atoms with Crippen molar-refractivity contribution in [1.29, 1.82) is 0 Å². The van der Waals surface area contributed by atoms with Gasteiger partial charge in [-0.3, -0.25) is 0 Å². The Hall–Kier alpha value is -0.690. The average molecular weight is 260 g/mol. The van der Waals surface area contributed by atoms with E-state index in [1.165, 1.54) is 25.7 Å². The molecule has 0 spiro atoms. The van der Waals surface area contributed by atoms with E-state index in [2.05, 4.69) is 16.7 Å². The van der Waals surface area contributed by atoms with Crippen LogP contribution in [0.1, 0.15) is 58.3 Å². The van der Waals surface area contributed by atoms with E-state index in [9.17, 15) is 4.79 Å². The van der Waals surface area contributed by atoms with Gasteiger partial charge in [-0.1, -0.05) is 45.4 Å². The molecule has 2 aliphatic heterocycles. The van der Waals surface area contributed by atoms with Gasteiger partial charge in [0, 0.05) is 6.42 Å². The van der Waals surface area contributed by atoms with E-state index in [-0.39, 0.29) is 0 Å². The van der Waals surface area contributed by atoms with Crippen LogP contribution in [0.5, 0.6) is 0 Å². The van der Waals surface area contributed by atoms with Crippen LogP contribution in [0.15, 0.2) is 0 Å². The van der Waals surface area contributed by atoms with Crippen LogP contribution in [0, 0.1) is 0 Å². The second-order valence-electron chi connectivity index (χ2n) is 4.88. The minimum Gasteiger partial charge on any atom is -0.477 e. The number of hydrogen-bond acceptors (Lipinski definition) is 5. The molecule has 0 saturated carbocycles. The van der Waals surface area contributed by atoms with Gasteiger partial charge in [0.1, 0.15) is 0 Å². The summed E-state index contributed by atoms with van der Waals surface area (Å²) in [7, 11) is 0. The molecule has 104 valence electrons. The lowest BCUT2D eigenvalue weighted by molar-refractivity contribution is -0.148. The number of aliphatic carboxylic acids is 1. The van der Waals surface area contributed by atoms with Crippen molar-refractivity contribution in [3.8, 4) is 0 Å². The number of carboxylic acids is 1. The summed E-state index contributed by atoms with van der Waals surface area (Å²) in [5.74, 6) is -4.15.